The molecule has 0 aliphatic heterocycles. The van der Waals surface area contributed by atoms with Crippen LogP contribution in [0.4, 0.5) is 0 Å². The number of hydrogen-bond acceptors (Lipinski definition) is 3. The summed E-state index contributed by atoms with van der Waals surface area (Å²) in [6, 6.07) is 16.1. The summed E-state index contributed by atoms with van der Waals surface area (Å²) in [5, 5.41) is 12.5. The minimum atomic E-state index is -0.136. The Hall–Kier alpha value is -2.05. The Morgan fingerprint density at radius 2 is 2.00 bits per heavy atom. The van der Waals surface area contributed by atoms with E-state index in [0.717, 1.165) is 11.3 Å². The van der Waals surface area contributed by atoms with Gasteiger partial charge in [0.05, 0.1) is 24.3 Å². The highest BCUT2D eigenvalue weighted by Crippen LogP contribution is 2.17. The first-order valence-electron chi connectivity index (χ1n) is 6.02. The summed E-state index contributed by atoms with van der Waals surface area (Å²) in [6.45, 7) is 2.64. The first-order valence-corrected chi connectivity index (χ1v) is 6.02. The standard InChI is InChI=1S/C15H16N2O/c1-12(15-8-5-9-18-15)17-11-14(10-16)13-6-3-2-4-7-13/h2-9,12,14,17H,11H2,1H3/t12-,14?/m0/s1. The third kappa shape index (κ3) is 2.99. The normalized spacial score (nSPS) is 13.8. The molecular weight excluding hydrogens is 224 g/mol. The first-order chi connectivity index (χ1) is 8.81. The van der Waals surface area contributed by atoms with Gasteiger partial charge in [0.2, 0.25) is 0 Å². The van der Waals surface area contributed by atoms with Crippen molar-refractivity contribution in [3.63, 3.8) is 0 Å². The van der Waals surface area contributed by atoms with Crippen LogP contribution in [0.25, 0.3) is 0 Å². The Morgan fingerprint density at radius 3 is 2.61 bits per heavy atom. The van der Waals surface area contributed by atoms with Crippen LogP contribution in [0.5, 0.6) is 0 Å². The van der Waals surface area contributed by atoms with Crippen molar-refractivity contribution in [3.8, 4) is 6.07 Å². The monoisotopic (exact) mass is 240 g/mol. The molecule has 2 atom stereocenters. The fourth-order valence-corrected chi connectivity index (χ4v) is 1.86. The minimum Gasteiger partial charge on any atom is -0.468 e. The van der Waals surface area contributed by atoms with Crippen molar-refractivity contribution in [2.24, 2.45) is 0 Å². The molecule has 92 valence electrons. The highest BCUT2D eigenvalue weighted by molar-refractivity contribution is 5.25. The van der Waals surface area contributed by atoms with Crippen LogP contribution in [0.15, 0.2) is 53.1 Å². The number of nitrogens with one attached hydrogen (secondary N) is 1. The van der Waals surface area contributed by atoms with E-state index in [1.807, 2.05) is 49.4 Å². The van der Waals surface area contributed by atoms with Crippen molar-refractivity contribution in [1.82, 2.24) is 5.32 Å². The molecule has 3 nitrogen and oxygen atoms in total. The van der Waals surface area contributed by atoms with Crippen molar-refractivity contribution in [3.05, 3.63) is 60.1 Å². The summed E-state index contributed by atoms with van der Waals surface area (Å²) in [7, 11) is 0. The zero-order chi connectivity index (χ0) is 12.8. The van der Waals surface area contributed by atoms with Crippen LogP contribution in [0.3, 0.4) is 0 Å². The average molecular weight is 240 g/mol. The van der Waals surface area contributed by atoms with Gasteiger partial charge in [-0.3, -0.25) is 0 Å². The maximum atomic E-state index is 9.21. The maximum Gasteiger partial charge on any atom is 0.120 e. The predicted molar refractivity (Wildman–Crippen MR) is 69.9 cm³/mol. The van der Waals surface area contributed by atoms with Gasteiger partial charge < -0.3 is 9.73 Å². The molecule has 1 aromatic carbocycles. The maximum absolute atomic E-state index is 9.21. The molecule has 1 N–H and O–H groups in total. The van der Waals surface area contributed by atoms with Gasteiger partial charge in [0.15, 0.2) is 0 Å². The molecule has 0 aliphatic rings. The van der Waals surface area contributed by atoms with E-state index < -0.39 is 0 Å². The van der Waals surface area contributed by atoms with Crippen LogP contribution in [0, 0.1) is 11.3 Å². The third-order valence-electron chi connectivity index (χ3n) is 2.96. The van der Waals surface area contributed by atoms with Gasteiger partial charge in [0.25, 0.3) is 0 Å². The number of nitrogens with zero attached hydrogens (tertiary/aromatic N) is 1. The molecule has 2 aromatic rings. The smallest absolute Gasteiger partial charge is 0.120 e. The van der Waals surface area contributed by atoms with Crippen molar-refractivity contribution >= 4 is 0 Å². The zero-order valence-electron chi connectivity index (χ0n) is 10.3. The number of benzene rings is 1. The molecular formula is C15H16N2O. The van der Waals surface area contributed by atoms with E-state index in [1.165, 1.54) is 0 Å². The Bertz CT molecular complexity index is 499. The van der Waals surface area contributed by atoms with Crippen molar-refractivity contribution < 1.29 is 4.42 Å². The molecule has 0 amide bonds. The van der Waals surface area contributed by atoms with E-state index in [-0.39, 0.29) is 12.0 Å². The summed E-state index contributed by atoms with van der Waals surface area (Å²) in [5.41, 5.74) is 1.04. The molecule has 1 aromatic heterocycles. The second-order valence-corrected chi connectivity index (χ2v) is 4.24. The number of nitriles is 1. The number of hydrogen-bond donors (Lipinski definition) is 1. The van der Waals surface area contributed by atoms with E-state index in [1.54, 1.807) is 6.26 Å². The molecule has 2 rings (SSSR count). The van der Waals surface area contributed by atoms with Gasteiger partial charge in [-0.25, -0.2) is 0 Å². The molecule has 0 saturated carbocycles. The van der Waals surface area contributed by atoms with Crippen LogP contribution < -0.4 is 5.32 Å². The Balaban J connectivity index is 1.95. The number of rotatable bonds is 5. The van der Waals surface area contributed by atoms with Crippen molar-refractivity contribution in [2.75, 3.05) is 6.54 Å². The van der Waals surface area contributed by atoms with Crippen LogP contribution >= 0.6 is 0 Å². The van der Waals surface area contributed by atoms with E-state index in [2.05, 4.69) is 11.4 Å². The fraction of sp³-hybridized carbons (Fsp3) is 0.267. The lowest BCUT2D eigenvalue weighted by Gasteiger charge is -2.14. The van der Waals surface area contributed by atoms with Crippen LogP contribution in [-0.2, 0) is 0 Å². The summed E-state index contributed by atoms with van der Waals surface area (Å²) >= 11 is 0. The molecule has 0 bridgehead atoms. The van der Waals surface area contributed by atoms with Gasteiger partial charge in [-0.1, -0.05) is 30.3 Å². The first kappa shape index (κ1) is 12.4. The molecule has 18 heavy (non-hydrogen) atoms. The molecule has 3 heteroatoms. The third-order valence-corrected chi connectivity index (χ3v) is 2.96. The predicted octanol–water partition coefficient (Wildman–Crippen LogP) is 3.24. The molecule has 0 radical (unpaired) electrons. The number of furan rings is 1. The highest BCUT2D eigenvalue weighted by atomic mass is 16.3. The van der Waals surface area contributed by atoms with Gasteiger partial charge in [-0.05, 0) is 24.6 Å². The quantitative estimate of drug-likeness (QED) is 0.872. The Kier molecular flexibility index (Phi) is 4.16. The lowest BCUT2D eigenvalue weighted by molar-refractivity contribution is 0.428. The van der Waals surface area contributed by atoms with Crippen molar-refractivity contribution in [2.45, 2.75) is 18.9 Å². The Morgan fingerprint density at radius 1 is 1.22 bits per heavy atom. The average Bonchev–Trinajstić information content (AvgIpc) is 2.94. The summed E-state index contributed by atoms with van der Waals surface area (Å²) < 4.78 is 5.32. The molecule has 0 spiro atoms. The molecule has 1 heterocycles. The fourth-order valence-electron chi connectivity index (χ4n) is 1.86. The van der Waals surface area contributed by atoms with Gasteiger partial charge in [-0.15, -0.1) is 0 Å². The summed E-state index contributed by atoms with van der Waals surface area (Å²) in [6.07, 6.45) is 1.66. The van der Waals surface area contributed by atoms with Gasteiger partial charge in [0.1, 0.15) is 5.76 Å². The molecule has 0 fully saturated rings. The molecule has 0 aliphatic carbocycles. The van der Waals surface area contributed by atoms with E-state index in [0.29, 0.717) is 6.54 Å². The largest absolute Gasteiger partial charge is 0.468 e. The SMILES string of the molecule is C[C@H](NCC(C#N)c1ccccc1)c1ccco1. The summed E-state index contributed by atoms with van der Waals surface area (Å²) in [4.78, 5) is 0. The Labute approximate surface area is 107 Å². The summed E-state index contributed by atoms with van der Waals surface area (Å²) in [5.74, 6) is 0.753. The van der Waals surface area contributed by atoms with E-state index in [4.69, 9.17) is 4.42 Å². The zero-order valence-corrected chi connectivity index (χ0v) is 10.3. The van der Waals surface area contributed by atoms with Gasteiger partial charge in [0, 0.05) is 6.54 Å². The van der Waals surface area contributed by atoms with Crippen LogP contribution in [0.2, 0.25) is 0 Å². The van der Waals surface area contributed by atoms with E-state index in [9.17, 15) is 5.26 Å². The lowest BCUT2D eigenvalue weighted by Crippen LogP contribution is -2.23. The second kappa shape index (κ2) is 6.04. The van der Waals surface area contributed by atoms with Crippen molar-refractivity contribution in [1.29, 1.82) is 5.26 Å². The minimum absolute atomic E-state index is 0.111. The lowest BCUT2D eigenvalue weighted by atomic mass is 10.0. The van der Waals surface area contributed by atoms with Crippen LogP contribution in [-0.4, -0.2) is 6.54 Å². The molecule has 0 saturated heterocycles. The van der Waals surface area contributed by atoms with E-state index >= 15 is 0 Å². The van der Waals surface area contributed by atoms with Crippen LogP contribution in [0.1, 0.15) is 30.2 Å². The molecule has 1 unspecified atom stereocenters. The topological polar surface area (TPSA) is 49.0 Å². The van der Waals surface area contributed by atoms with Gasteiger partial charge >= 0.3 is 0 Å². The second-order valence-electron chi connectivity index (χ2n) is 4.24. The van der Waals surface area contributed by atoms with Gasteiger partial charge in [-0.2, -0.15) is 5.26 Å². The highest BCUT2D eigenvalue weighted by Gasteiger charge is 2.13.